The van der Waals surface area contributed by atoms with Crippen molar-refractivity contribution in [2.45, 2.75) is 27.3 Å². The molecule has 0 bridgehead atoms. The predicted molar refractivity (Wildman–Crippen MR) is 101 cm³/mol. The van der Waals surface area contributed by atoms with E-state index in [1.54, 1.807) is 17.7 Å². The maximum Gasteiger partial charge on any atom is 0.161 e. The number of aromatic nitrogens is 2. The Labute approximate surface area is 151 Å². The van der Waals surface area contributed by atoms with E-state index in [0.29, 0.717) is 13.2 Å². The van der Waals surface area contributed by atoms with Gasteiger partial charge in [0, 0.05) is 18.0 Å². The zero-order chi connectivity index (χ0) is 17.4. The highest BCUT2D eigenvalue weighted by atomic mass is 32.1. The summed E-state index contributed by atoms with van der Waals surface area (Å²) in [5.74, 6) is 2.66. The van der Waals surface area contributed by atoms with E-state index in [9.17, 15) is 0 Å². The molecule has 0 saturated carbocycles. The molecule has 0 amide bonds. The van der Waals surface area contributed by atoms with Gasteiger partial charge >= 0.3 is 0 Å². The molecule has 1 aliphatic heterocycles. The molecule has 2 aromatic heterocycles. The number of ether oxygens (including phenoxy) is 2. The number of hydrogen-bond donors (Lipinski definition) is 0. The van der Waals surface area contributed by atoms with Gasteiger partial charge in [-0.25, -0.2) is 9.97 Å². The Morgan fingerprint density at radius 3 is 2.72 bits per heavy atom. The van der Waals surface area contributed by atoms with E-state index >= 15 is 0 Å². The minimum Gasteiger partial charge on any atom is -0.486 e. The smallest absolute Gasteiger partial charge is 0.161 e. The highest BCUT2D eigenvalue weighted by molar-refractivity contribution is 7.18. The second kappa shape index (κ2) is 6.52. The van der Waals surface area contributed by atoms with E-state index < -0.39 is 0 Å². The first-order chi connectivity index (χ1) is 12.2. The van der Waals surface area contributed by atoms with Crippen molar-refractivity contribution in [3.05, 3.63) is 40.5 Å². The summed E-state index contributed by atoms with van der Waals surface area (Å²) in [4.78, 5) is 13.7. The van der Waals surface area contributed by atoms with E-state index in [1.807, 2.05) is 6.07 Å². The molecule has 3 heterocycles. The van der Waals surface area contributed by atoms with Crippen molar-refractivity contribution in [2.75, 3.05) is 24.7 Å². The number of anilines is 1. The van der Waals surface area contributed by atoms with Crippen molar-refractivity contribution in [1.29, 1.82) is 0 Å². The minimum atomic E-state index is 0.605. The number of thiophene rings is 1. The minimum absolute atomic E-state index is 0.605. The quantitative estimate of drug-likeness (QED) is 0.705. The third-order valence-electron chi connectivity index (χ3n) is 4.61. The molecule has 0 N–H and O–H groups in total. The number of nitrogens with zero attached hydrogens (tertiary/aromatic N) is 3. The molecule has 130 valence electrons. The normalized spacial score (nSPS) is 13.2. The Bertz CT molecular complexity index is 922. The highest BCUT2D eigenvalue weighted by Gasteiger charge is 2.18. The van der Waals surface area contributed by atoms with Crippen LogP contribution in [0.1, 0.15) is 22.9 Å². The van der Waals surface area contributed by atoms with Gasteiger partial charge in [-0.3, -0.25) is 0 Å². The molecule has 0 aliphatic carbocycles. The average molecular weight is 355 g/mol. The van der Waals surface area contributed by atoms with Gasteiger partial charge in [0.15, 0.2) is 11.5 Å². The molecule has 0 spiro atoms. The first-order valence-electron chi connectivity index (χ1n) is 8.51. The van der Waals surface area contributed by atoms with E-state index in [-0.39, 0.29) is 0 Å². The van der Waals surface area contributed by atoms with Crippen LogP contribution in [0, 0.1) is 13.8 Å². The van der Waals surface area contributed by atoms with Gasteiger partial charge in [0.1, 0.15) is 30.2 Å². The van der Waals surface area contributed by atoms with Crippen LogP contribution in [0.25, 0.3) is 10.2 Å². The van der Waals surface area contributed by atoms with Crippen molar-refractivity contribution in [1.82, 2.24) is 9.97 Å². The molecule has 0 saturated heterocycles. The van der Waals surface area contributed by atoms with Crippen molar-refractivity contribution in [2.24, 2.45) is 0 Å². The predicted octanol–water partition coefficient (Wildman–Crippen LogP) is 4.11. The third kappa shape index (κ3) is 2.91. The van der Waals surface area contributed by atoms with Gasteiger partial charge in [-0.2, -0.15) is 0 Å². The van der Waals surface area contributed by atoms with Crippen molar-refractivity contribution in [3.63, 3.8) is 0 Å². The highest BCUT2D eigenvalue weighted by Crippen LogP contribution is 2.35. The number of benzene rings is 1. The van der Waals surface area contributed by atoms with E-state index in [2.05, 4.69) is 47.8 Å². The summed E-state index contributed by atoms with van der Waals surface area (Å²) in [7, 11) is 0. The second-order valence-electron chi connectivity index (χ2n) is 6.15. The lowest BCUT2D eigenvalue weighted by Gasteiger charge is -2.24. The maximum absolute atomic E-state index is 5.71. The second-order valence-corrected chi connectivity index (χ2v) is 7.36. The monoisotopic (exact) mass is 355 g/mol. The van der Waals surface area contributed by atoms with Crippen molar-refractivity contribution in [3.8, 4) is 11.5 Å². The maximum atomic E-state index is 5.71. The summed E-state index contributed by atoms with van der Waals surface area (Å²) in [6, 6.07) is 6.16. The van der Waals surface area contributed by atoms with Crippen LogP contribution in [0.5, 0.6) is 11.5 Å². The van der Waals surface area contributed by atoms with Gasteiger partial charge in [-0.05, 0) is 44.0 Å². The van der Waals surface area contributed by atoms with Gasteiger partial charge in [-0.1, -0.05) is 6.07 Å². The Hall–Kier alpha value is -2.34. The van der Waals surface area contributed by atoms with Gasteiger partial charge in [-0.15, -0.1) is 11.3 Å². The summed E-state index contributed by atoms with van der Waals surface area (Å²) in [5, 5.41) is 1.17. The largest absolute Gasteiger partial charge is 0.486 e. The van der Waals surface area contributed by atoms with Crippen LogP contribution >= 0.6 is 11.3 Å². The number of aryl methyl sites for hydroxylation is 2. The standard InChI is InChI=1S/C19H21N3O2S/c1-4-22(10-14-5-6-15-16(9-14)24-8-7-23-15)18-17-12(2)13(3)25-19(17)21-11-20-18/h5-6,9,11H,4,7-8,10H2,1-3H3. The molecule has 5 nitrogen and oxygen atoms in total. The Kier molecular flexibility index (Phi) is 4.21. The molecule has 25 heavy (non-hydrogen) atoms. The molecule has 6 heteroatoms. The molecular formula is C19H21N3O2S. The Balaban J connectivity index is 1.69. The van der Waals surface area contributed by atoms with Crippen LogP contribution in [0.15, 0.2) is 24.5 Å². The lowest BCUT2D eigenvalue weighted by molar-refractivity contribution is 0.171. The SMILES string of the molecule is CCN(Cc1ccc2c(c1)OCCO2)c1ncnc2sc(C)c(C)c12. The van der Waals surface area contributed by atoms with Crippen LogP contribution in [-0.4, -0.2) is 29.7 Å². The van der Waals surface area contributed by atoms with Crippen molar-refractivity contribution < 1.29 is 9.47 Å². The number of fused-ring (bicyclic) bond motifs is 2. The molecule has 4 rings (SSSR count). The fourth-order valence-corrected chi connectivity index (χ4v) is 4.14. The molecule has 0 unspecified atom stereocenters. The van der Waals surface area contributed by atoms with Gasteiger partial charge in [0.05, 0.1) is 5.39 Å². The fourth-order valence-electron chi connectivity index (χ4n) is 3.15. The van der Waals surface area contributed by atoms with Gasteiger partial charge < -0.3 is 14.4 Å². The molecule has 0 atom stereocenters. The van der Waals surface area contributed by atoms with Gasteiger partial charge in [0.25, 0.3) is 0 Å². The molecular weight excluding hydrogens is 334 g/mol. The van der Waals surface area contributed by atoms with E-state index in [1.165, 1.54) is 21.4 Å². The summed E-state index contributed by atoms with van der Waals surface area (Å²) >= 11 is 1.73. The lowest BCUT2D eigenvalue weighted by atomic mass is 10.1. The summed E-state index contributed by atoms with van der Waals surface area (Å²) in [6.07, 6.45) is 1.67. The zero-order valence-electron chi connectivity index (χ0n) is 14.7. The Morgan fingerprint density at radius 1 is 1.12 bits per heavy atom. The molecule has 1 aliphatic rings. The summed E-state index contributed by atoms with van der Waals surface area (Å²) in [6.45, 7) is 9.31. The zero-order valence-corrected chi connectivity index (χ0v) is 15.5. The third-order valence-corrected chi connectivity index (χ3v) is 5.72. The first-order valence-corrected chi connectivity index (χ1v) is 9.33. The van der Waals surface area contributed by atoms with Crippen LogP contribution in [0.4, 0.5) is 5.82 Å². The van der Waals surface area contributed by atoms with Gasteiger partial charge in [0.2, 0.25) is 0 Å². The van der Waals surface area contributed by atoms with Crippen molar-refractivity contribution >= 4 is 27.4 Å². The molecule has 0 radical (unpaired) electrons. The van der Waals surface area contributed by atoms with Crippen LogP contribution < -0.4 is 14.4 Å². The van der Waals surface area contributed by atoms with E-state index in [4.69, 9.17) is 9.47 Å². The summed E-state index contributed by atoms with van der Waals surface area (Å²) in [5.41, 5.74) is 2.46. The fraction of sp³-hybridized carbons (Fsp3) is 0.368. The topological polar surface area (TPSA) is 47.5 Å². The molecule has 1 aromatic carbocycles. The number of hydrogen-bond acceptors (Lipinski definition) is 6. The Morgan fingerprint density at radius 2 is 1.92 bits per heavy atom. The van der Waals surface area contributed by atoms with Crippen LogP contribution in [-0.2, 0) is 6.54 Å². The van der Waals surface area contributed by atoms with E-state index in [0.717, 1.165) is 35.2 Å². The average Bonchev–Trinajstić information content (AvgIpc) is 2.94. The lowest BCUT2D eigenvalue weighted by Crippen LogP contribution is -2.24. The summed E-state index contributed by atoms with van der Waals surface area (Å²) < 4.78 is 11.3. The first kappa shape index (κ1) is 16.1. The van der Waals surface area contributed by atoms with Crippen LogP contribution in [0.3, 0.4) is 0 Å². The molecule has 0 fully saturated rings. The van der Waals surface area contributed by atoms with Crippen LogP contribution in [0.2, 0.25) is 0 Å². The molecule has 3 aromatic rings. The number of rotatable bonds is 4.